The summed E-state index contributed by atoms with van der Waals surface area (Å²) in [6.45, 7) is 9.02. The van der Waals surface area contributed by atoms with Crippen molar-refractivity contribution in [3.63, 3.8) is 0 Å². The maximum absolute atomic E-state index is 12.6. The summed E-state index contributed by atoms with van der Waals surface area (Å²) in [7, 11) is 0. The van der Waals surface area contributed by atoms with Crippen molar-refractivity contribution in [2.75, 3.05) is 0 Å². The number of ketones is 1. The first-order valence-electron chi connectivity index (χ1n) is 8.04. The minimum Gasteiger partial charge on any atom is -0.349 e. The number of tetrazole rings is 1. The Labute approximate surface area is 141 Å². The molecule has 3 rings (SSSR count). The van der Waals surface area contributed by atoms with E-state index >= 15 is 0 Å². The molecule has 0 unspecified atom stereocenters. The van der Waals surface area contributed by atoms with Crippen LogP contribution in [-0.4, -0.2) is 30.6 Å². The molecule has 0 saturated carbocycles. The van der Waals surface area contributed by atoms with Crippen LogP contribution >= 0.6 is 0 Å². The van der Waals surface area contributed by atoms with Crippen molar-refractivity contribution in [1.29, 1.82) is 0 Å². The van der Waals surface area contributed by atoms with Gasteiger partial charge in [0.1, 0.15) is 6.54 Å². The lowest BCUT2D eigenvalue weighted by Gasteiger charge is -2.05. The van der Waals surface area contributed by atoms with E-state index in [0.717, 1.165) is 29.1 Å². The lowest BCUT2D eigenvalue weighted by Crippen LogP contribution is -2.14. The smallest absolute Gasteiger partial charge is 0.204 e. The van der Waals surface area contributed by atoms with Crippen molar-refractivity contribution in [2.24, 2.45) is 0 Å². The molecule has 24 heavy (non-hydrogen) atoms. The van der Waals surface area contributed by atoms with Crippen LogP contribution in [0.2, 0.25) is 0 Å². The van der Waals surface area contributed by atoms with Crippen LogP contribution in [0.1, 0.15) is 34.2 Å². The standard InChI is InChI=1S/C18H21N5O/c1-5-22-13(3)10-16(14(22)4)17(24)11-23-20-18(19-21-23)15-8-6-12(2)7-9-15/h6-10H,5,11H2,1-4H3. The van der Waals surface area contributed by atoms with Gasteiger partial charge in [0.05, 0.1) is 0 Å². The molecule has 0 bridgehead atoms. The zero-order chi connectivity index (χ0) is 17.3. The molecule has 0 aliphatic rings. The SMILES string of the molecule is CCn1c(C)cc(C(=O)Cn2nnc(-c3ccc(C)cc3)n2)c1C. The summed E-state index contributed by atoms with van der Waals surface area (Å²) in [6.07, 6.45) is 0. The molecule has 0 saturated heterocycles. The lowest BCUT2D eigenvalue weighted by molar-refractivity contribution is 0.0960. The van der Waals surface area contributed by atoms with Crippen LogP contribution < -0.4 is 0 Å². The van der Waals surface area contributed by atoms with Gasteiger partial charge < -0.3 is 4.57 Å². The summed E-state index contributed by atoms with van der Waals surface area (Å²) < 4.78 is 2.12. The van der Waals surface area contributed by atoms with E-state index in [1.165, 1.54) is 10.4 Å². The number of aromatic nitrogens is 5. The Hall–Kier alpha value is -2.76. The van der Waals surface area contributed by atoms with Crippen LogP contribution in [0.5, 0.6) is 0 Å². The second-order valence-corrected chi connectivity index (χ2v) is 5.96. The molecule has 6 nitrogen and oxygen atoms in total. The minimum atomic E-state index is -0.00402. The molecule has 124 valence electrons. The second-order valence-electron chi connectivity index (χ2n) is 5.96. The molecule has 2 aromatic heterocycles. The number of hydrogen-bond acceptors (Lipinski definition) is 4. The van der Waals surface area contributed by atoms with Crippen LogP contribution in [-0.2, 0) is 13.1 Å². The largest absolute Gasteiger partial charge is 0.349 e. The van der Waals surface area contributed by atoms with Gasteiger partial charge in [-0.15, -0.1) is 10.2 Å². The number of Topliss-reactive ketones (excluding diaryl/α,β-unsaturated/α-hetero) is 1. The van der Waals surface area contributed by atoms with Crippen molar-refractivity contribution < 1.29 is 4.79 Å². The van der Waals surface area contributed by atoms with E-state index < -0.39 is 0 Å². The van der Waals surface area contributed by atoms with E-state index in [4.69, 9.17) is 0 Å². The molecular formula is C18H21N5O. The van der Waals surface area contributed by atoms with Crippen molar-refractivity contribution >= 4 is 5.78 Å². The van der Waals surface area contributed by atoms with Crippen LogP contribution in [0.25, 0.3) is 11.4 Å². The second kappa shape index (κ2) is 6.39. The molecule has 0 N–H and O–H groups in total. The van der Waals surface area contributed by atoms with Gasteiger partial charge in [0.2, 0.25) is 5.82 Å². The van der Waals surface area contributed by atoms with E-state index in [1.54, 1.807) is 0 Å². The van der Waals surface area contributed by atoms with E-state index in [9.17, 15) is 4.79 Å². The summed E-state index contributed by atoms with van der Waals surface area (Å²) in [6, 6.07) is 9.83. The summed E-state index contributed by atoms with van der Waals surface area (Å²) in [4.78, 5) is 13.9. The van der Waals surface area contributed by atoms with Gasteiger partial charge in [-0.05, 0) is 39.0 Å². The topological polar surface area (TPSA) is 65.6 Å². The third-order valence-electron chi connectivity index (χ3n) is 4.24. The van der Waals surface area contributed by atoms with Gasteiger partial charge in [-0.25, -0.2) is 0 Å². The number of rotatable bonds is 5. The number of carbonyl (C=O) groups is 1. The highest BCUT2D eigenvalue weighted by atomic mass is 16.1. The number of nitrogens with zero attached hydrogens (tertiary/aromatic N) is 5. The monoisotopic (exact) mass is 323 g/mol. The molecule has 1 aromatic carbocycles. The quantitative estimate of drug-likeness (QED) is 0.677. The Kier molecular flexibility index (Phi) is 4.29. The van der Waals surface area contributed by atoms with Gasteiger partial charge in [-0.3, -0.25) is 4.79 Å². The Bertz CT molecular complexity index is 873. The molecular weight excluding hydrogens is 302 g/mol. The zero-order valence-corrected chi connectivity index (χ0v) is 14.4. The number of benzene rings is 1. The van der Waals surface area contributed by atoms with Crippen molar-refractivity contribution in [2.45, 2.75) is 40.8 Å². The van der Waals surface area contributed by atoms with E-state index in [0.29, 0.717) is 5.82 Å². The number of aryl methyl sites for hydroxylation is 2. The molecule has 0 amide bonds. The van der Waals surface area contributed by atoms with Crippen molar-refractivity contribution in [3.8, 4) is 11.4 Å². The number of hydrogen-bond donors (Lipinski definition) is 0. The fourth-order valence-electron chi connectivity index (χ4n) is 2.91. The Morgan fingerprint density at radius 1 is 1.12 bits per heavy atom. The third-order valence-corrected chi connectivity index (χ3v) is 4.24. The van der Waals surface area contributed by atoms with Crippen LogP contribution in [0.4, 0.5) is 0 Å². The molecule has 6 heteroatoms. The normalized spacial score (nSPS) is 11.0. The highest BCUT2D eigenvalue weighted by Gasteiger charge is 2.17. The third kappa shape index (κ3) is 2.99. The minimum absolute atomic E-state index is 0.00402. The zero-order valence-electron chi connectivity index (χ0n) is 14.4. The lowest BCUT2D eigenvalue weighted by atomic mass is 10.1. The summed E-state index contributed by atoms with van der Waals surface area (Å²) in [5.74, 6) is 0.525. The molecule has 3 aromatic rings. The summed E-state index contributed by atoms with van der Waals surface area (Å²) >= 11 is 0. The molecule has 0 radical (unpaired) electrons. The van der Waals surface area contributed by atoms with Gasteiger partial charge in [0, 0.05) is 29.1 Å². The Balaban J connectivity index is 1.79. The number of carbonyl (C=O) groups excluding carboxylic acids is 1. The van der Waals surface area contributed by atoms with Crippen molar-refractivity contribution in [3.05, 3.63) is 52.8 Å². The fourth-order valence-corrected chi connectivity index (χ4v) is 2.91. The van der Waals surface area contributed by atoms with Crippen LogP contribution in [0.3, 0.4) is 0 Å². The average Bonchev–Trinajstić information content (AvgIpc) is 3.12. The highest BCUT2D eigenvalue weighted by molar-refractivity contribution is 5.97. The first kappa shape index (κ1) is 16.1. The van der Waals surface area contributed by atoms with Crippen LogP contribution in [0, 0.1) is 20.8 Å². The molecule has 0 fully saturated rings. The maximum atomic E-state index is 12.6. The van der Waals surface area contributed by atoms with Gasteiger partial charge in [-0.1, -0.05) is 29.8 Å². The Morgan fingerprint density at radius 3 is 2.46 bits per heavy atom. The fraction of sp³-hybridized carbons (Fsp3) is 0.333. The van der Waals surface area contributed by atoms with Crippen molar-refractivity contribution in [1.82, 2.24) is 24.8 Å². The highest BCUT2D eigenvalue weighted by Crippen LogP contribution is 2.17. The first-order valence-corrected chi connectivity index (χ1v) is 8.04. The molecule has 0 atom stereocenters. The molecule has 0 aliphatic carbocycles. The Morgan fingerprint density at radius 2 is 1.83 bits per heavy atom. The predicted molar refractivity (Wildman–Crippen MR) is 91.9 cm³/mol. The van der Waals surface area contributed by atoms with E-state index in [2.05, 4.69) is 26.9 Å². The van der Waals surface area contributed by atoms with Gasteiger partial charge >= 0.3 is 0 Å². The molecule has 0 spiro atoms. The summed E-state index contributed by atoms with van der Waals surface area (Å²) in [5.41, 5.74) is 4.86. The maximum Gasteiger partial charge on any atom is 0.204 e. The predicted octanol–water partition coefficient (Wildman–Crippen LogP) is 2.97. The molecule has 2 heterocycles. The van der Waals surface area contributed by atoms with E-state index in [1.807, 2.05) is 51.1 Å². The summed E-state index contributed by atoms with van der Waals surface area (Å²) in [5, 5.41) is 12.4. The molecule has 0 aliphatic heterocycles. The van der Waals surface area contributed by atoms with Gasteiger partial charge in [-0.2, -0.15) is 4.80 Å². The van der Waals surface area contributed by atoms with Gasteiger partial charge in [0.25, 0.3) is 0 Å². The van der Waals surface area contributed by atoms with Crippen LogP contribution in [0.15, 0.2) is 30.3 Å². The average molecular weight is 323 g/mol. The first-order chi connectivity index (χ1) is 11.5. The van der Waals surface area contributed by atoms with Gasteiger partial charge in [0.15, 0.2) is 5.78 Å². The van der Waals surface area contributed by atoms with E-state index in [-0.39, 0.29) is 12.3 Å².